The average molecular weight is 379 g/mol. The quantitative estimate of drug-likeness (QED) is 0.393. The lowest BCUT2D eigenvalue weighted by Crippen LogP contribution is -2.03. The van der Waals surface area contributed by atoms with Crippen molar-refractivity contribution in [1.29, 1.82) is 0 Å². The molecule has 4 heteroatoms. The van der Waals surface area contributed by atoms with Gasteiger partial charge < -0.3 is 4.57 Å². The zero-order chi connectivity index (χ0) is 17.9. The number of benzene rings is 3. The highest BCUT2D eigenvalue weighted by atomic mass is 35.5. The highest BCUT2D eigenvalue weighted by Gasteiger charge is 2.12. The van der Waals surface area contributed by atoms with Gasteiger partial charge in [0.05, 0.1) is 17.6 Å². The van der Waals surface area contributed by atoms with Crippen LogP contribution in [0.2, 0.25) is 10.0 Å². The van der Waals surface area contributed by atoms with Crippen LogP contribution < -0.4 is 0 Å². The van der Waals surface area contributed by atoms with Crippen molar-refractivity contribution >= 4 is 46.4 Å². The van der Waals surface area contributed by atoms with E-state index in [1.807, 2.05) is 60.7 Å². The van der Waals surface area contributed by atoms with Gasteiger partial charge in [0.25, 0.3) is 0 Å². The number of halogens is 2. The maximum atomic E-state index is 6.39. The predicted octanol–water partition coefficient (Wildman–Crippen LogP) is 6.56. The second-order valence-electron chi connectivity index (χ2n) is 5.99. The Balaban J connectivity index is 1.81. The van der Waals surface area contributed by atoms with Gasteiger partial charge in [-0.3, -0.25) is 0 Å². The van der Waals surface area contributed by atoms with Gasteiger partial charge in [0.15, 0.2) is 0 Å². The van der Waals surface area contributed by atoms with Crippen LogP contribution in [0.1, 0.15) is 17.0 Å². The minimum absolute atomic E-state index is 0.563. The van der Waals surface area contributed by atoms with Gasteiger partial charge in [0.2, 0.25) is 0 Å². The van der Waals surface area contributed by atoms with Crippen LogP contribution in [0.5, 0.6) is 0 Å². The summed E-state index contributed by atoms with van der Waals surface area (Å²) in [6, 6.07) is 23.8. The number of rotatable bonds is 4. The molecule has 0 saturated carbocycles. The summed E-state index contributed by atoms with van der Waals surface area (Å²) >= 11 is 12.8. The van der Waals surface area contributed by atoms with Gasteiger partial charge in [-0.25, -0.2) is 4.98 Å². The van der Waals surface area contributed by atoms with Crippen LogP contribution in [0.4, 0.5) is 0 Å². The second kappa shape index (κ2) is 7.36. The molecule has 0 bridgehead atoms. The van der Waals surface area contributed by atoms with E-state index in [-0.39, 0.29) is 0 Å². The number of fused-ring (bicyclic) bond motifs is 1. The summed E-state index contributed by atoms with van der Waals surface area (Å²) in [6.07, 6.45) is 4.09. The van der Waals surface area contributed by atoms with Crippen molar-refractivity contribution in [1.82, 2.24) is 9.55 Å². The lowest BCUT2D eigenvalue weighted by molar-refractivity contribution is 0.814. The summed E-state index contributed by atoms with van der Waals surface area (Å²) in [4.78, 5) is 4.77. The first-order valence-electron chi connectivity index (χ1n) is 8.33. The Labute approximate surface area is 162 Å². The smallest absolute Gasteiger partial charge is 0.134 e. The topological polar surface area (TPSA) is 17.8 Å². The summed E-state index contributed by atoms with van der Waals surface area (Å²) < 4.78 is 2.14. The van der Waals surface area contributed by atoms with Crippen molar-refractivity contribution in [3.63, 3.8) is 0 Å². The van der Waals surface area contributed by atoms with Crippen LogP contribution in [0.3, 0.4) is 0 Å². The Bertz CT molecular complexity index is 1060. The molecular weight excluding hydrogens is 363 g/mol. The molecule has 128 valence electrons. The van der Waals surface area contributed by atoms with Gasteiger partial charge in [-0.15, -0.1) is 0 Å². The summed E-state index contributed by atoms with van der Waals surface area (Å²) in [7, 11) is 0. The minimum atomic E-state index is 0.563. The van der Waals surface area contributed by atoms with Crippen LogP contribution in [-0.4, -0.2) is 9.55 Å². The molecular formula is C22H16Cl2N2. The molecule has 0 unspecified atom stereocenters. The lowest BCUT2D eigenvalue weighted by Gasteiger charge is -2.11. The molecule has 0 spiro atoms. The van der Waals surface area contributed by atoms with Gasteiger partial charge >= 0.3 is 0 Å². The van der Waals surface area contributed by atoms with Crippen LogP contribution in [-0.2, 0) is 6.54 Å². The molecule has 0 amide bonds. The van der Waals surface area contributed by atoms with E-state index in [1.165, 1.54) is 0 Å². The fraction of sp³-hybridized carbons (Fsp3) is 0.0455. The summed E-state index contributed by atoms with van der Waals surface area (Å²) in [5.41, 5.74) is 4.02. The van der Waals surface area contributed by atoms with E-state index < -0.39 is 0 Å². The van der Waals surface area contributed by atoms with Crippen LogP contribution in [0.25, 0.3) is 23.2 Å². The summed E-state index contributed by atoms with van der Waals surface area (Å²) in [5, 5.41) is 1.32. The van der Waals surface area contributed by atoms with Crippen molar-refractivity contribution in [3.05, 3.63) is 99.8 Å². The number of para-hydroxylation sites is 2. The van der Waals surface area contributed by atoms with E-state index in [2.05, 4.69) is 28.8 Å². The molecule has 1 aromatic heterocycles. The summed E-state index contributed by atoms with van der Waals surface area (Å²) in [5.74, 6) is 0.867. The third-order valence-corrected chi connectivity index (χ3v) is 4.99. The highest BCUT2D eigenvalue weighted by Crippen LogP contribution is 2.28. The number of imidazole rings is 1. The average Bonchev–Trinajstić information content (AvgIpc) is 3.01. The molecule has 0 fully saturated rings. The fourth-order valence-corrected chi connectivity index (χ4v) is 3.48. The van der Waals surface area contributed by atoms with Crippen LogP contribution >= 0.6 is 23.2 Å². The number of hydrogen-bond donors (Lipinski definition) is 0. The van der Waals surface area contributed by atoms with E-state index in [4.69, 9.17) is 28.2 Å². The number of nitrogens with zero attached hydrogens (tertiary/aromatic N) is 2. The maximum absolute atomic E-state index is 6.39. The van der Waals surface area contributed by atoms with Gasteiger partial charge in [-0.05, 0) is 35.9 Å². The Morgan fingerprint density at radius 1 is 0.769 bits per heavy atom. The number of aromatic nitrogens is 2. The normalized spacial score (nSPS) is 11.5. The van der Waals surface area contributed by atoms with Crippen LogP contribution in [0, 0.1) is 0 Å². The molecule has 0 radical (unpaired) electrons. The second-order valence-corrected chi connectivity index (χ2v) is 6.80. The minimum Gasteiger partial charge on any atom is -0.320 e. The lowest BCUT2D eigenvalue weighted by atomic mass is 10.2. The van der Waals surface area contributed by atoms with Gasteiger partial charge in [-0.1, -0.05) is 77.8 Å². The third-order valence-electron chi connectivity index (χ3n) is 4.29. The van der Waals surface area contributed by atoms with Gasteiger partial charge in [0, 0.05) is 15.6 Å². The molecule has 26 heavy (non-hydrogen) atoms. The zero-order valence-electron chi connectivity index (χ0n) is 13.9. The largest absolute Gasteiger partial charge is 0.320 e. The number of hydrogen-bond acceptors (Lipinski definition) is 1. The van der Waals surface area contributed by atoms with Crippen molar-refractivity contribution in [3.8, 4) is 0 Å². The zero-order valence-corrected chi connectivity index (χ0v) is 15.5. The summed E-state index contributed by atoms with van der Waals surface area (Å²) in [6.45, 7) is 0.563. The Hall–Kier alpha value is -2.55. The molecule has 4 rings (SSSR count). The Kier molecular flexibility index (Phi) is 4.79. The molecule has 0 aliphatic heterocycles. The Morgan fingerprint density at radius 3 is 2.23 bits per heavy atom. The van der Waals surface area contributed by atoms with Gasteiger partial charge in [-0.2, -0.15) is 0 Å². The van der Waals surface area contributed by atoms with Crippen molar-refractivity contribution in [2.45, 2.75) is 6.54 Å². The van der Waals surface area contributed by atoms with Crippen molar-refractivity contribution < 1.29 is 0 Å². The molecule has 0 aliphatic carbocycles. The SMILES string of the molecule is Clc1cccc(Cl)c1Cn1c(C=Cc2ccccc2)nc2ccccc21. The van der Waals surface area contributed by atoms with E-state index in [0.29, 0.717) is 16.6 Å². The molecule has 0 aliphatic rings. The molecule has 3 aromatic carbocycles. The fourth-order valence-electron chi connectivity index (χ4n) is 2.96. The highest BCUT2D eigenvalue weighted by molar-refractivity contribution is 6.36. The van der Waals surface area contributed by atoms with E-state index in [9.17, 15) is 0 Å². The van der Waals surface area contributed by atoms with Crippen molar-refractivity contribution in [2.24, 2.45) is 0 Å². The molecule has 0 saturated heterocycles. The van der Waals surface area contributed by atoms with Crippen molar-refractivity contribution in [2.75, 3.05) is 0 Å². The van der Waals surface area contributed by atoms with Crippen LogP contribution in [0.15, 0.2) is 72.8 Å². The maximum Gasteiger partial charge on any atom is 0.134 e. The first kappa shape index (κ1) is 16.9. The molecule has 0 atom stereocenters. The molecule has 2 nitrogen and oxygen atoms in total. The van der Waals surface area contributed by atoms with E-state index in [1.54, 1.807) is 0 Å². The molecule has 4 aromatic rings. The van der Waals surface area contributed by atoms with Gasteiger partial charge in [0.1, 0.15) is 5.82 Å². The molecule has 0 N–H and O–H groups in total. The van der Waals surface area contributed by atoms with E-state index in [0.717, 1.165) is 28.0 Å². The predicted molar refractivity (Wildman–Crippen MR) is 111 cm³/mol. The first-order valence-corrected chi connectivity index (χ1v) is 9.09. The standard InChI is InChI=1S/C22H16Cl2N2/c23-18-9-6-10-19(24)17(18)15-26-21-12-5-4-11-20(21)25-22(26)14-13-16-7-2-1-3-8-16/h1-14H,15H2. The Morgan fingerprint density at radius 2 is 1.46 bits per heavy atom. The molecule has 1 heterocycles. The first-order chi connectivity index (χ1) is 12.7. The monoisotopic (exact) mass is 378 g/mol. The van der Waals surface area contributed by atoms with E-state index >= 15 is 0 Å². The third kappa shape index (κ3) is 3.39.